The molecule has 0 aromatic carbocycles. The highest BCUT2D eigenvalue weighted by Gasteiger charge is 2.19. The van der Waals surface area contributed by atoms with Crippen LogP contribution in [0.25, 0.3) is 0 Å². The first-order valence-corrected chi connectivity index (χ1v) is 5.17. The molecule has 0 saturated carbocycles. The highest BCUT2D eigenvalue weighted by Crippen LogP contribution is 2.27. The third-order valence-corrected chi connectivity index (χ3v) is 3.83. The van der Waals surface area contributed by atoms with E-state index in [0.29, 0.717) is 0 Å². The zero-order valence-corrected chi connectivity index (χ0v) is 7.89. The molecule has 0 aromatic heterocycles. The van der Waals surface area contributed by atoms with Crippen LogP contribution >= 0.6 is 22.7 Å². The van der Waals surface area contributed by atoms with E-state index in [1.54, 1.807) is 0 Å². The van der Waals surface area contributed by atoms with Crippen molar-refractivity contribution in [2.45, 2.75) is 13.8 Å². The average molecular weight is 173 g/mol. The lowest BCUT2D eigenvalue weighted by atomic mass is 9.99. The lowest BCUT2D eigenvalue weighted by Gasteiger charge is -2.23. The Morgan fingerprint density at radius 2 is 2.40 bits per heavy atom. The summed E-state index contributed by atoms with van der Waals surface area (Å²) in [6.45, 7) is 4.37. The summed E-state index contributed by atoms with van der Waals surface area (Å²) in [5.41, 5.74) is 0.243. The maximum Gasteiger partial charge on any atom is 0.0867 e. The summed E-state index contributed by atoms with van der Waals surface area (Å²) in [5.74, 6) is 1.99. The SMILES string of the molecule is CC1(C)C=NCS(=C=S)C1. The van der Waals surface area contributed by atoms with Crippen molar-refractivity contribution in [3.05, 3.63) is 0 Å². The molecular formula is C7H11NS2. The van der Waals surface area contributed by atoms with E-state index in [1.807, 2.05) is 6.21 Å². The summed E-state index contributed by atoms with van der Waals surface area (Å²) >= 11 is 4.76. The zero-order chi connectivity index (χ0) is 7.61. The molecule has 3 heteroatoms. The molecule has 1 nitrogen and oxygen atoms in total. The summed E-state index contributed by atoms with van der Waals surface area (Å²) in [5, 5.41) is 0. The number of thiocarbonyl (C=S) groups is 1. The number of nitrogens with zero attached hydrogens (tertiary/aromatic N) is 1. The highest BCUT2D eigenvalue weighted by atomic mass is 32.2. The predicted octanol–water partition coefficient (Wildman–Crippen LogP) is 2.16. The lowest BCUT2D eigenvalue weighted by molar-refractivity contribution is 0.613. The fourth-order valence-corrected chi connectivity index (χ4v) is 2.73. The van der Waals surface area contributed by atoms with Crippen LogP contribution in [-0.2, 0) is 0 Å². The molecule has 0 bridgehead atoms. The van der Waals surface area contributed by atoms with Crippen molar-refractivity contribution in [2.24, 2.45) is 10.4 Å². The maximum atomic E-state index is 4.76. The molecule has 0 aromatic rings. The molecule has 0 N–H and O–H groups in total. The number of hydrogen-bond donors (Lipinski definition) is 0. The lowest BCUT2D eigenvalue weighted by Crippen LogP contribution is -2.21. The summed E-state index contributed by atoms with van der Waals surface area (Å²) < 4.78 is 2.86. The second kappa shape index (κ2) is 2.95. The van der Waals surface area contributed by atoms with E-state index in [1.165, 1.54) is 0 Å². The molecule has 1 heterocycles. The second-order valence-electron chi connectivity index (χ2n) is 3.15. The predicted molar refractivity (Wildman–Crippen MR) is 52.2 cm³/mol. The molecular weight excluding hydrogens is 162 g/mol. The highest BCUT2D eigenvalue weighted by molar-refractivity contribution is 8.19. The first kappa shape index (κ1) is 8.12. The van der Waals surface area contributed by atoms with Gasteiger partial charge in [0.05, 0.1) is 5.88 Å². The van der Waals surface area contributed by atoms with Crippen LogP contribution in [0.1, 0.15) is 13.8 Å². The molecule has 1 rings (SSSR count). The standard InChI is InChI=1S/C7H11NS2/c1-7(2)3-8-5-10(4-7)6-9/h3H,4-5H2,1-2H3. The first-order chi connectivity index (χ1) is 4.64. The third kappa shape index (κ3) is 2.01. The van der Waals surface area contributed by atoms with Gasteiger partial charge in [-0.1, -0.05) is 13.8 Å². The molecule has 1 aliphatic heterocycles. The van der Waals surface area contributed by atoms with Crippen molar-refractivity contribution in [3.63, 3.8) is 0 Å². The van der Waals surface area contributed by atoms with Crippen molar-refractivity contribution in [3.8, 4) is 0 Å². The van der Waals surface area contributed by atoms with Crippen LogP contribution in [0.2, 0.25) is 0 Å². The Morgan fingerprint density at radius 3 is 2.80 bits per heavy atom. The summed E-state index contributed by atoms with van der Waals surface area (Å²) in [4.78, 5) is 4.24. The maximum absolute atomic E-state index is 4.76. The molecule has 0 amide bonds. The van der Waals surface area contributed by atoms with Crippen molar-refractivity contribution < 1.29 is 0 Å². The summed E-state index contributed by atoms with van der Waals surface area (Å²) in [7, 11) is 0.146. The van der Waals surface area contributed by atoms with E-state index < -0.39 is 0 Å². The molecule has 0 radical (unpaired) electrons. The van der Waals surface area contributed by atoms with E-state index in [9.17, 15) is 0 Å². The van der Waals surface area contributed by atoms with E-state index in [4.69, 9.17) is 12.2 Å². The third-order valence-electron chi connectivity index (χ3n) is 1.34. The van der Waals surface area contributed by atoms with Crippen molar-refractivity contribution >= 4 is 33.2 Å². The number of aliphatic imine (C=N–C) groups is 1. The Bertz CT molecular complexity index is 212. The fraction of sp³-hybridized carbons (Fsp3) is 0.714. The van der Waals surface area contributed by atoms with Crippen molar-refractivity contribution in [2.75, 3.05) is 11.6 Å². The van der Waals surface area contributed by atoms with Crippen LogP contribution in [0.5, 0.6) is 0 Å². The Balaban J connectivity index is 2.82. The summed E-state index contributed by atoms with van der Waals surface area (Å²) in [6, 6.07) is 0. The van der Waals surface area contributed by atoms with Gasteiger partial charge in [-0.15, -0.1) is 10.5 Å². The molecule has 1 aliphatic rings. The van der Waals surface area contributed by atoms with Gasteiger partial charge in [0.1, 0.15) is 0 Å². The van der Waals surface area contributed by atoms with Gasteiger partial charge in [-0.05, 0) is 16.5 Å². The molecule has 1 unspecified atom stereocenters. The van der Waals surface area contributed by atoms with E-state index in [2.05, 4.69) is 23.2 Å². The molecule has 56 valence electrons. The number of hydrogen-bond acceptors (Lipinski definition) is 2. The monoisotopic (exact) mass is 173 g/mol. The van der Waals surface area contributed by atoms with Crippen LogP contribution in [0.3, 0.4) is 0 Å². The minimum atomic E-state index is 0.146. The van der Waals surface area contributed by atoms with Crippen molar-refractivity contribution in [1.29, 1.82) is 0 Å². The molecule has 1 atom stereocenters. The van der Waals surface area contributed by atoms with E-state index in [-0.39, 0.29) is 15.9 Å². The van der Waals surface area contributed by atoms with Crippen LogP contribution < -0.4 is 0 Å². The average Bonchev–Trinajstić information content (AvgIpc) is 1.86. The molecule has 0 fully saturated rings. The van der Waals surface area contributed by atoms with Gasteiger partial charge in [0.15, 0.2) is 0 Å². The largest absolute Gasteiger partial charge is 0.286 e. The molecule has 0 aliphatic carbocycles. The fourth-order valence-electron chi connectivity index (χ4n) is 0.962. The zero-order valence-electron chi connectivity index (χ0n) is 6.26. The van der Waals surface area contributed by atoms with Crippen LogP contribution in [-0.4, -0.2) is 22.2 Å². The Hall–Kier alpha value is 0.0200. The van der Waals surface area contributed by atoms with Gasteiger partial charge < -0.3 is 0 Å². The van der Waals surface area contributed by atoms with Gasteiger partial charge in [-0.25, -0.2) is 0 Å². The quantitative estimate of drug-likeness (QED) is 0.511. The Morgan fingerprint density at radius 1 is 1.70 bits per heavy atom. The first-order valence-electron chi connectivity index (χ1n) is 3.20. The summed E-state index contributed by atoms with van der Waals surface area (Å²) in [6.07, 6.45) is 2.03. The molecule has 0 saturated heterocycles. The van der Waals surface area contributed by atoms with Gasteiger partial charge in [0.2, 0.25) is 0 Å². The molecule has 0 spiro atoms. The van der Waals surface area contributed by atoms with Gasteiger partial charge in [0.25, 0.3) is 0 Å². The van der Waals surface area contributed by atoms with Crippen LogP contribution in [0.4, 0.5) is 0 Å². The smallest absolute Gasteiger partial charge is 0.0867 e. The van der Waals surface area contributed by atoms with E-state index >= 15 is 0 Å². The second-order valence-corrected chi connectivity index (χ2v) is 5.35. The topological polar surface area (TPSA) is 12.4 Å². The van der Waals surface area contributed by atoms with Gasteiger partial charge in [-0.3, -0.25) is 4.99 Å². The minimum Gasteiger partial charge on any atom is -0.286 e. The molecule has 10 heavy (non-hydrogen) atoms. The van der Waals surface area contributed by atoms with Crippen molar-refractivity contribution in [1.82, 2.24) is 0 Å². The Kier molecular flexibility index (Phi) is 2.40. The van der Waals surface area contributed by atoms with Crippen LogP contribution in [0, 0.1) is 5.41 Å². The number of rotatable bonds is 0. The van der Waals surface area contributed by atoms with Gasteiger partial charge in [-0.2, -0.15) is 0 Å². The Labute approximate surface area is 69.5 Å². The minimum absolute atomic E-state index is 0.146. The van der Waals surface area contributed by atoms with Gasteiger partial charge in [0, 0.05) is 17.4 Å². The normalized spacial score (nSPS) is 29.6. The van der Waals surface area contributed by atoms with Crippen LogP contribution in [0.15, 0.2) is 4.99 Å². The van der Waals surface area contributed by atoms with E-state index in [0.717, 1.165) is 11.6 Å². The van der Waals surface area contributed by atoms with Gasteiger partial charge >= 0.3 is 0 Å².